The SMILES string of the molecule is CN=C(NCC1CCCN(C)C1c1ccc(OC)cc1)NC1CCS(=O)(=O)C1.I. The lowest BCUT2D eigenvalue weighted by molar-refractivity contribution is 0.122. The van der Waals surface area contributed by atoms with Gasteiger partial charge in [0.25, 0.3) is 0 Å². The number of nitrogens with one attached hydrogen (secondary N) is 2. The molecule has 2 aliphatic heterocycles. The Morgan fingerprint density at radius 1 is 1.28 bits per heavy atom. The van der Waals surface area contributed by atoms with Crippen LogP contribution in [0, 0.1) is 5.92 Å². The van der Waals surface area contributed by atoms with E-state index in [1.807, 2.05) is 12.1 Å². The van der Waals surface area contributed by atoms with Gasteiger partial charge in [-0.05, 0) is 56.5 Å². The van der Waals surface area contributed by atoms with Gasteiger partial charge in [0.15, 0.2) is 15.8 Å². The van der Waals surface area contributed by atoms with E-state index in [9.17, 15) is 8.42 Å². The van der Waals surface area contributed by atoms with Crippen molar-refractivity contribution in [1.29, 1.82) is 0 Å². The molecule has 2 aliphatic rings. The molecular weight excluding hydrogens is 503 g/mol. The van der Waals surface area contributed by atoms with Crippen molar-refractivity contribution in [3.63, 3.8) is 0 Å². The Kier molecular flexibility index (Phi) is 9.02. The van der Waals surface area contributed by atoms with E-state index < -0.39 is 9.84 Å². The van der Waals surface area contributed by atoms with Gasteiger partial charge < -0.3 is 15.4 Å². The minimum Gasteiger partial charge on any atom is -0.497 e. The molecule has 1 aromatic rings. The van der Waals surface area contributed by atoms with Crippen LogP contribution in [0.25, 0.3) is 0 Å². The number of halogens is 1. The van der Waals surface area contributed by atoms with Crippen LogP contribution in [-0.4, -0.2) is 71.1 Å². The molecule has 164 valence electrons. The average molecular weight is 536 g/mol. The largest absolute Gasteiger partial charge is 0.497 e. The quantitative estimate of drug-likeness (QED) is 0.341. The van der Waals surface area contributed by atoms with Crippen LogP contribution >= 0.6 is 24.0 Å². The number of nitrogens with zero attached hydrogens (tertiary/aromatic N) is 2. The molecule has 29 heavy (non-hydrogen) atoms. The number of likely N-dealkylation sites (tertiary alicyclic amines) is 1. The number of aliphatic imine (C=N–C) groups is 1. The highest BCUT2D eigenvalue weighted by atomic mass is 127. The van der Waals surface area contributed by atoms with Crippen molar-refractivity contribution in [2.45, 2.75) is 31.3 Å². The Morgan fingerprint density at radius 3 is 2.59 bits per heavy atom. The molecule has 0 amide bonds. The van der Waals surface area contributed by atoms with Gasteiger partial charge in [0.05, 0.1) is 18.6 Å². The Bertz CT molecular complexity index is 785. The lowest BCUT2D eigenvalue weighted by atomic mass is 9.85. The Labute approximate surface area is 191 Å². The molecule has 0 radical (unpaired) electrons. The lowest BCUT2D eigenvalue weighted by Crippen LogP contribution is -2.47. The predicted molar refractivity (Wildman–Crippen MR) is 128 cm³/mol. The molecule has 1 aromatic carbocycles. The van der Waals surface area contributed by atoms with E-state index in [2.05, 4.69) is 39.7 Å². The number of sulfone groups is 1. The molecule has 2 fully saturated rings. The van der Waals surface area contributed by atoms with Crippen LogP contribution < -0.4 is 15.4 Å². The summed E-state index contributed by atoms with van der Waals surface area (Å²) in [6.07, 6.45) is 2.95. The van der Waals surface area contributed by atoms with Crippen LogP contribution in [0.5, 0.6) is 5.75 Å². The number of methoxy groups -OCH3 is 1. The fourth-order valence-electron chi connectivity index (χ4n) is 4.33. The van der Waals surface area contributed by atoms with Gasteiger partial charge in [-0.3, -0.25) is 9.89 Å². The van der Waals surface area contributed by atoms with E-state index in [1.54, 1.807) is 14.2 Å². The van der Waals surface area contributed by atoms with Gasteiger partial charge in [-0.25, -0.2) is 8.42 Å². The second kappa shape index (κ2) is 10.8. The summed E-state index contributed by atoms with van der Waals surface area (Å²) in [6, 6.07) is 8.61. The number of piperidine rings is 1. The summed E-state index contributed by atoms with van der Waals surface area (Å²) in [7, 11) is 2.69. The smallest absolute Gasteiger partial charge is 0.191 e. The van der Waals surface area contributed by atoms with Crippen molar-refractivity contribution >= 4 is 39.8 Å². The van der Waals surface area contributed by atoms with Crippen LogP contribution in [0.2, 0.25) is 0 Å². The highest BCUT2D eigenvalue weighted by Gasteiger charge is 2.31. The van der Waals surface area contributed by atoms with E-state index >= 15 is 0 Å². The Hall–Kier alpha value is -1.07. The maximum Gasteiger partial charge on any atom is 0.191 e. The van der Waals surface area contributed by atoms with Gasteiger partial charge >= 0.3 is 0 Å². The van der Waals surface area contributed by atoms with Crippen LogP contribution in [0.15, 0.2) is 29.3 Å². The summed E-state index contributed by atoms with van der Waals surface area (Å²) in [6.45, 7) is 1.88. The number of hydrogen-bond donors (Lipinski definition) is 2. The van der Waals surface area contributed by atoms with Gasteiger partial charge in [-0.15, -0.1) is 24.0 Å². The lowest BCUT2D eigenvalue weighted by Gasteiger charge is -2.40. The molecule has 0 spiro atoms. The number of hydrogen-bond acceptors (Lipinski definition) is 5. The van der Waals surface area contributed by atoms with E-state index in [4.69, 9.17) is 4.74 Å². The number of benzene rings is 1. The Balaban J connectivity index is 0.00000300. The van der Waals surface area contributed by atoms with Crippen LogP contribution in [0.3, 0.4) is 0 Å². The maximum atomic E-state index is 11.7. The van der Waals surface area contributed by atoms with Crippen molar-refractivity contribution in [2.75, 3.05) is 45.8 Å². The van der Waals surface area contributed by atoms with Crippen LogP contribution in [-0.2, 0) is 9.84 Å². The fraction of sp³-hybridized carbons (Fsp3) is 0.650. The number of rotatable bonds is 5. The first-order valence-corrected chi connectivity index (χ1v) is 11.8. The first-order valence-electron chi connectivity index (χ1n) is 9.93. The zero-order chi connectivity index (χ0) is 20.1. The zero-order valence-electron chi connectivity index (χ0n) is 17.4. The van der Waals surface area contributed by atoms with E-state index in [0.29, 0.717) is 24.3 Å². The third-order valence-electron chi connectivity index (χ3n) is 5.79. The van der Waals surface area contributed by atoms with Crippen molar-refractivity contribution < 1.29 is 13.2 Å². The summed E-state index contributed by atoms with van der Waals surface area (Å²) in [5.41, 5.74) is 1.29. The molecule has 2 heterocycles. The number of ether oxygens (including phenoxy) is 1. The molecule has 3 unspecified atom stereocenters. The molecule has 2 saturated heterocycles. The highest BCUT2D eigenvalue weighted by molar-refractivity contribution is 14.0. The predicted octanol–water partition coefficient (Wildman–Crippen LogP) is 2.05. The van der Waals surface area contributed by atoms with Crippen molar-refractivity contribution in [1.82, 2.24) is 15.5 Å². The van der Waals surface area contributed by atoms with Gasteiger partial charge in [0.1, 0.15) is 5.75 Å². The van der Waals surface area contributed by atoms with Crippen molar-refractivity contribution in [2.24, 2.45) is 10.9 Å². The van der Waals surface area contributed by atoms with Gasteiger partial charge in [-0.2, -0.15) is 0 Å². The molecule has 0 aliphatic carbocycles. The van der Waals surface area contributed by atoms with Crippen molar-refractivity contribution in [3.8, 4) is 5.75 Å². The maximum absolute atomic E-state index is 11.7. The molecular formula is C20H33IN4O3S. The molecule has 3 rings (SSSR count). The summed E-state index contributed by atoms with van der Waals surface area (Å²) in [4.78, 5) is 6.71. The molecule has 7 nitrogen and oxygen atoms in total. The van der Waals surface area contributed by atoms with Gasteiger partial charge in [-0.1, -0.05) is 12.1 Å². The third-order valence-corrected chi connectivity index (χ3v) is 7.56. The average Bonchev–Trinajstić information content (AvgIpc) is 3.03. The summed E-state index contributed by atoms with van der Waals surface area (Å²) >= 11 is 0. The first kappa shape index (κ1) is 24.2. The fourth-order valence-corrected chi connectivity index (χ4v) is 6.00. The molecule has 3 atom stereocenters. The second-order valence-corrected chi connectivity index (χ2v) is 10.0. The van der Waals surface area contributed by atoms with E-state index in [0.717, 1.165) is 25.3 Å². The molecule has 0 saturated carbocycles. The van der Waals surface area contributed by atoms with Crippen LogP contribution in [0.1, 0.15) is 30.9 Å². The summed E-state index contributed by atoms with van der Waals surface area (Å²) in [5.74, 6) is 2.44. The highest BCUT2D eigenvalue weighted by Crippen LogP contribution is 2.35. The van der Waals surface area contributed by atoms with E-state index in [1.165, 1.54) is 12.0 Å². The topological polar surface area (TPSA) is 83.0 Å². The van der Waals surface area contributed by atoms with Gasteiger partial charge in [0, 0.05) is 25.7 Å². The van der Waals surface area contributed by atoms with Crippen LogP contribution in [0.4, 0.5) is 0 Å². The molecule has 2 N–H and O–H groups in total. The standard InChI is InChI=1S/C20H32N4O3S.HI/c1-21-20(23-17-10-12-28(25,26)14-17)22-13-16-5-4-11-24(2)19(16)15-6-8-18(27-3)9-7-15;/h6-9,16-17,19H,4-5,10-14H2,1-3H3,(H2,21,22,23);1H. The molecule has 0 aromatic heterocycles. The Morgan fingerprint density at radius 2 is 2.00 bits per heavy atom. The summed E-state index contributed by atoms with van der Waals surface area (Å²) < 4.78 is 28.7. The minimum atomic E-state index is -2.90. The monoisotopic (exact) mass is 536 g/mol. The molecule has 9 heteroatoms. The molecule has 0 bridgehead atoms. The zero-order valence-corrected chi connectivity index (χ0v) is 20.6. The minimum absolute atomic E-state index is 0. The number of guanidine groups is 1. The third kappa shape index (κ3) is 6.45. The van der Waals surface area contributed by atoms with Gasteiger partial charge in [0.2, 0.25) is 0 Å². The first-order chi connectivity index (χ1) is 13.4. The summed E-state index contributed by atoms with van der Waals surface area (Å²) in [5, 5.41) is 6.70. The van der Waals surface area contributed by atoms with Crippen molar-refractivity contribution in [3.05, 3.63) is 29.8 Å². The second-order valence-electron chi connectivity index (χ2n) is 7.80. The van der Waals surface area contributed by atoms with E-state index in [-0.39, 0.29) is 41.5 Å². The normalized spacial score (nSPS) is 27.1.